The van der Waals surface area contributed by atoms with Crippen molar-refractivity contribution in [2.75, 3.05) is 13.6 Å². The number of hydrogen-bond acceptors (Lipinski definition) is 7. The molecule has 1 fully saturated rings. The highest BCUT2D eigenvalue weighted by Crippen LogP contribution is 2.40. The number of nitrogens with one attached hydrogen (secondary N) is 1. The molecule has 0 aliphatic carbocycles. The van der Waals surface area contributed by atoms with E-state index in [2.05, 4.69) is 42.6 Å². The van der Waals surface area contributed by atoms with E-state index in [0.29, 0.717) is 6.54 Å². The maximum absolute atomic E-state index is 10.6. The summed E-state index contributed by atoms with van der Waals surface area (Å²) in [7, 11) is -2.94. The molecule has 138 valence electrons. The van der Waals surface area contributed by atoms with Crippen LogP contribution in [0.15, 0.2) is 0 Å². The van der Waals surface area contributed by atoms with E-state index in [9.17, 15) is 8.42 Å². The summed E-state index contributed by atoms with van der Waals surface area (Å²) in [6.07, 6.45) is 3.25. The lowest BCUT2D eigenvalue weighted by Crippen LogP contribution is -2.62. The lowest BCUT2D eigenvalue weighted by Gasteiger charge is -2.54. The van der Waals surface area contributed by atoms with Gasteiger partial charge in [-0.25, -0.2) is 5.01 Å². The van der Waals surface area contributed by atoms with Gasteiger partial charge in [0, 0.05) is 24.7 Å². The van der Waals surface area contributed by atoms with Crippen molar-refractivity contribution in [3.8, 4) is 0 Å². The number of hydroxylamine groups is 2. The van der Waals surface area contributed by atoms with Crippen molar-refractivity contribution in [2.45, 2.75) is 77.5 Å². The zero-order valence-electron chi connectivity index (χ0n) is 15.2. The van der Waals surface area contributed by atoms with Crippen molar-refractivity contribution in [1.82, 2.24) is 15.7 Å². The van der Waals surface area contributed by atoms with Gasteiger partial charge in [0.25, 0.3) is 0 Å². The molecule has 0 aromatic rings. The van der Waals surface area contributed by atoms with E-state index in [4.69, 9.17) is 9.39 Å². The van der Waals surface area contributed by atoms with E-state index in [1.165, 1.54) is 5.01 Å². The van der Waals surface area contributed by atoms with Crippen LogP contribution >= 0.6 is 0 Å². The second-order valence-corrected chi connectivity index (χ2v) is 9.10. The van der Waals surface area contributed by atoms with Crippen LogP contribution < -0.4 is 5.59 Å². The molecule has 0 radical (unpaired) electrons. The van der Waals surface area contributed by atoms with E-state index in [1.54, 1.807) is 7.05 Å². The minimum absolute atomic E-state index is 0.0873. The third-order valence-corrected chi connectivity index (χ3v) is 4.22. The number of piperidine rings is 1. The number of hydrazine groups is 1. The lowest BCUT2D eigenvalue weighted by atomic mass is 9.82. The predicted molar refractivity (Wildman–Crippen MR) is 87.4 cm³/mol. The van der Waals surface area contributed by atoms with Crippen LogP contribution in [0, 0.1) is 0 Å². The Hall–Kier alpha value is -0.290. The van der Waals surface area contributed by atoms with E-state index < -0.39 is 16.0 Å². The van der Waals surface area contributed by atoms with E-state index in [0.717, 1.165) is 19.3 Å². The SMILES string of the molecule is CN(CC(C)(C)ON1C(C)(C)CCCC1(C)C)NOS(=O)(=O)O. The third kappa shape index (κ3) is 6.61. The summed E-state index contributed by atoms with van der Waals surface area (Å²) < 4.78 is 33.9. The van der Waals surface area contributed by atoms with E-state index >= 15 is 0 Å². The average Bonchev–Trinajstić information content (AvgIpc) is 2.30. The quantitative estimate of drug-likeness (QED) is 0.530. The summed E-state index contributed by atoms with van der Waals surface area (Å²) in [5.41, 5.74) is 1.38. The number of hydrogen-bond donors (Lipinski definition) is 2. The summed E-state index contributed by atoms with van der Waals surface area (Å²) in [6.45, 7) is 12.8. The molecule has 2 N–H and O–H groups in total. The summed E-state index contributed by atoms with van der Waals surface area (Å²) in [6, 6.07) is 0. The highest BCUT2D eigenvalue weighted by Gasteiger charge is 2.45. The van der Waals surface area contributed by atoms with Crippen molar-refractivity contribution in [2.24, 2.45) is 0 Å². The molecule has 8 nitrogen and oxygen atoms in total. The molecule has 0 spiro atoms. The highest BCUT2D eigenvalue weighted by molar-refractivity contribution is 7.80. The number of likely N-dealkylation sites (N-methyl/N-ethyl adjacent to an activating group) is 1. The minimum atomic E-state index is -4.54. The zero-order valence-corrected chi connectivity index (χ0v) is 16.0. The van der Waals surface area contributed by atoms with Gasteiger partial charge in [-0.05, 0) is 60.8 Å². The first-order chi connectivity index (χ1) is 10.1. The average molecular weight is 353 g/mol. The Morgan fingerprint density at radius 3 is 2.13 bits per heavy atom. The van der Waals surface area contributed by atoms with Crippen LogP contribution in [0.25, 0.3) is 0 Å². The molecule has 1 saturated heterocycles. The first-order valence-corrected chi connectivity index (χ1v) is 9.13. The topological polar surface area (TPSA) is 91.3 Å². The summed E-state index contributed by atoms with van der Waals surface area (Å²) >= 11 is 0. The molecule has 0 saturated carbocycles. The van der Waals surface area contributed by atoms with Crippen LogP contribution in [0.3, 0.4) is 0 Å². The van der Waals surface area contributed by atoms with Gasteiger partial charge in [-0.3, -0.25) is 9.39 Å². The molecule has 1 heterocycles. The number of rotatable bonds is 7. The van der Waals surface area contributed by atoms with Crippen molar-refractivity contribution in [1.29, 1.82) is 0 Å². The van der Waals surface area contributed by atoms with Gasteiger partial charge >= 0.3 is 10.4 Å². The van der Waals surface area contributed by atoms with Crippen LogP contribution in [0.5, 0.6) is 0 Å². The molecule has 0 atom stereocenters. The van der Waals surface area contributed by atoms with Gasteiger partial charge in [-0.2, -0.15) is 13.5 Å². The van der Waals surface area contributed by atoms with Crippen LogP contribution in [-0.2, 0) is 19.5 Å². The second kappa shape index (κ2) is 6.91. The smallest absolute Gasteiger partial charge is 0.291 e. The van der Waals surface area contributed by atoms with Crippen LogP contribution in [0.2, 0.25) is 0 Å². The van der Waals surface area contributed by atoms with Crippen molar-refractivity contribution in [3.63, 3.8) is 0 Å². The van der Waals surface area contributed by atoms with Gasteiger partial charge in [0.1, 0.15) is 0 Å². The van der Waals surface area contributed by atoms with Gasteiger partial charge in [0.2, 0.25) is 0 Å². The summed E-state index contributed by atoms with van der Waals surface area (Å²) in [5.74, 6) is 0. The van der Waals surface area contributed by atoms with Crippen LogP contribution in [0.4, 0.5) is 0 Å². The molecule has 1 aliphatic heterocycles. The van der Waals surface area contributed by atoms with Gasteiger partial charge in [0.15, 0.2) is 0 Å². The van der Waals surface area contributed by atoms with E-state index in [-0.39, 0.29) is 11.1 Å². The Bertz CT molecular complexity index is 489. The minimum Gasteiger partial charge on any atom is -0.291 e. The molecular formula is C14H31N3O5S. The molecule has 9 heteroatoms. The van der Waals surface area contributed by atoms with Crippen molar-refractivity contribution >= 4 is 10.4 Å². The third-order valence-electron chi connectivity index (χ3n) is 3.93. The summed E-state index contributed by atoms with van der Waals surface area (Å²) in [5, 5.41) is 3.46. The second-order valence-electron chi connectivity index (χ2n) is 8.08. The lowest BCUT2D eigenvalue weighted by molar-refractivity contribution is -0.332. The Morgan fingerprint density at radius 1 is 1.22 bits per heavy atom. The van der Waals surface area contributed by atoms with Gasteiger partial charge < -0.3 is 0 Å². The zero-order chi connectivity index (χ0) is 18.1. The fourth-order valence-electron chi connectivity index (χ4n) is 3.21. The highest BCUT2D eigenvalue weighted by atomic mass is 32.3. The molecule has 0 aromatic carbocycles. The largest absolute Gasteiger partial charge is 0.414 e. The van der Waals surface area contributed by atoms with Crippen molar-refractivity contribution < 1.29 is 22.1 Å². The maximum Gasteiger partial charge on any atom is 0.414 e. The number of nitrogens with zero attached hydrogens (tertiary/aromatic N) is 2. The van der Waals surface area contributed by atoms with Gasteiger partial charge in [-0.15, -0.1) is 9.87 Å². The maximum atomic E-state index is 10.6. The summed E-state index contributed by atoms with van der Waals surface area (Å²) in [4.78, 5) is 6.30. The fourth-order valence-corrected chi connectivity index (χ4v) is 3.43. The van der Waals surface area contributed by atoms with E-state index in [1.807, 2.05) is 13.8 Å². The molecule has 1 aliphatic rings. The van der Waals surface area contributed by atoms with Gasteiger partial charge in [0.05, 0.1) is 5.60 Å². The Labute approximate surface area is 139 Å². The molecule has 0 unspecified atom stereocenters. The molecular weight excluding hydrogens is 322 g/mol. The first-order valence-electron chi connectivity index (χ1n) is 7.77. The molecule has 0 bridgehead atoms. The van der Waals surface area contributed by atoms with Gasteiger partial charge in [-0.1, -0.05) is 0 Å². The van der Waals surface area contributed by atoms with Crippen molar-refractivity contribution in [3.05, 3.63) is 0 Å². The fraction of sp³-hybridized carbons (Fsp3) is 1.00. The monoisotopic (exact) mass is 353 g/mol. The normalized spacial score (nSPS) is 22.5. The standard InChI is InChI=1S/C14H31N3O5S/c1-12(2)9-8-10-13(3,4)17(12)21-14(5,6)11-16(7)15-22-23(18,19)20/h15H,8-11H2,1-7H3,(H,18,19,20). The molecule has 1 rings (SSSR count). The molecule has 0 amide bonds. The van der Waals surface area contributed by atoms with Crippen LogP contribution in [-0.4, -0.2) is 53.3 Å². The first kappa shape index (κ1) is 20.8. The van der Waals surface area contributed by atoms with Crippen LogP contribution in [0.1, 0.15) is 60.8 Å². The predicted octanol–water partition coefficient (Wildman–Crippen LogP) is 1.91. The Kier molecular flexibility index (Phi) is 6.23. The molecule has 0 aromatic heterocycles. The Balaban J connectivity index is 2.72. The molecule has 23 heavy (non-hydrogen) atoms. The Morgan fingerprint density at radius 2 is 1.70 bits per heavy atom.